The van der Waals surface area contributed by atoms with Crippen molar-refractivity contribution in [1.29, 1.82) is 0 Å². The van der Waals surface area contributed by atoms with E-state index in [2.05, 4.69) is 10.2 Å². The van der Waals surface area contributed by atoms with E-state index in [0.717, 1.165) is 0 Å². The summed E-state index contributed by atoms with van der Waals surface area (Å²) in [5.74, 6) is -2.88. The fourth-order valence-electron chi connectivity index (χ4n) is 1.35. The van der Waals surface area contributed by atoms with Crippen molar-refractivity contribution in [2.45, 2.75) is 18.4 Å². The zero-order chi connectivity index (χ0) is 14.9. The van der Waals surface area contributed by atoms with Crippen LogP contribution in [0.2, 0.25) is 0 Å². The fraction of sp³-hybridized carbons (Fsp3) is 0.200. The van der Waals surface area contributed by atoms with Gasteiger partial charge in [-0.25, -0.2) is 17.2 Å². The first-order valence-electron chi connectivity index (χ1n) is 5.13. The van der Waals surface area contributed by atoms with Crippen molar-refractivity contribution < 1.29 is 26.4 Å². The zero-order valence-electron chi connectivity index (χ0n) is 9.93. The summed E-state index contributed by atoms with van der Waals surface area (Å²) < 4.78 is 59.0. The standard InChI is InChI=1S/C10H7ClF2N2O4S/c1-5-14-15-9(19-5)4-18-10-7(12)2-6(3-8(10)13)20(11,16)17/h2-3H,4H2,1H3. The molecule has 10 heteroatoms. The van der Waals surface area contributed by atoms with Crippen LogP contribution in [0.1, 0.15) is 11.8 Å². The van der Waals surface area contributed by atoms with E-state index in [0.29, 0.717) is 12.1 Å². The Morgan fingerprint density at radius 3 is 2.35 bits per heavy atom. The van der Waals surface area contributed by atoms with E-state index < -0.39 is 31.3 Å². The largest absolute Gasteiger partial charge is 0.478 e. The molecule has 2 aromatic rings. The molecule has 0 saturated carbocycles. The van der Waals surface area contributed by atoms with Crippen LogP contribution in [0.5, 0.6) is 5.75 Å². The monoisotopic (exact) mass is 324 g/mol. The van der Waals surface area contributed by atoms with Gasteiger partial charge in [0, 0.05) is 17.6 Å². The summed E-state index contributed by atoms with van der Waals surface area (Å²) in [6.07, 6.45) is 0. The van der Waals surface area contributed by atoms with Gasteiger partial charge in [-0.1, -0.05) is 0 Å². The SMILES string of the molecule is Cc1nnc(COc2c(F)cc(S(=O)(=O)Cl)cc2F)o1. The topological polar surface area (TPSA) is 82.3 Å². The van der Waals surface area contributed by atoms with Gasteiger partial charge in [-0.3, -0.25) is 0 Å². The molecule has 0 radical (unpaired) electrons. The average Bonchev–Trinajstić information content (AvgIpc) is 2.72. The van der Waals surface area contributed by atoms with Crippen molar-refractivity contribution in [3.05, 3.63) is 35.5 Å². The van der Waals surface area contributed by atoms with Gasteiger partial charge >= 0.3 is 0 Å². The Morgan fingerprint density at radius 1 is 1.30 bits per heavy atom. The van der Waals surface area contributed by atoms with E-state index in [1.807, 2.05) is 0 Å². The zero-order valence-corrected chi connectivity index (χ0v) is 11.5. The van der Waals surface area contributed by atoms with Gasteiger partial charge in [0.15, 0.2) is 24.0 Å². The molecule has 0 amide bonds. The maximum Gasteiger partial charge on any atom is 0.261 e. The third kappa shape index (κ3) is 3.23. The maximum absolute atomic E-state index is 13.6. The van der Waals surface area contributed by atoms with Gasteiger partial charge in [0.1, 0.15) is 0 Å². The first-order valence-corrected chi connectivity index (χ1v) is 7.44. The highest BCUT2D eigenvalue weighted by Gasteiger charge is 2.19. The van der Waals surface area contributed by atoms with Crippen LogP contribution in [0.3, 0.4) is 0 Å². The van der Waals surface area contributed by atoms with Crippen LogP contribution in [0.25, 0.3) is 0 Å². The second kappa shape index (κ2) is 5.33. The smallest absolute Gasteiger partial charge is 0.261 e. The number of ether oxygens (including phenoxy) is 1. The molecule has 1 heterocycles. The molecular formula is C10H7ClF2N2O4S. The molecule has 0 bridgehead atoms. The van der Waals surface area contributed by atoms with Crippen LogP contribution >= 0.6 is 10.7 Å². The van der Waals surface area contributed by atoms with E-state index in [1.165, 1.54) is 6.92 Å². The van der Waals surface area contributed by atoms with Crippen molar-refractivity contribution in [1.82, 2.24) is 10.2 Å². The second-order valence-corrected chi connectivity index (χ2v) is 6.22. The van der Waals surface area contributed by atoms with Crippen molar-refractivity contribution in [2.24, 2.45) is 0 Å². The van der Waals surface area contributed by atoms with Gasteiger partial charge in [0.2, 0.25) is 5.89 Å². The Balaban J connectivity index is 2.25. The lowest BCUT2D eigenvalue weighted by atomic mass is 10.3. The number of nitrogens with zero attached hydrogens (tertiary/aromatic N) is 2. The third-order valence-electron chi connectivity index (χ3n) is 2.16. The van der Waals surface area contributed by atoms with Crippen molar-refractivity contribution in [3.63, 3.8) is 0 Å². The average molecular weight is 325 g/mol. The third-order valence-corrected chi connectivity index (χ3v) is 3.49. The van der Waals surface area contributed by atoms with Crippen molar-refractivity contribution >= 4 is 19.7 Å². The van der Waals surface area contributed by atoms with E-state index in [1.54, 1.807) is 0 Å². The lowest BCUT2D eigenvalue weighted by molar-refractivity contribution is 0.238. The summed E-state index contributed by atoms with van der Waals surface area (Å²) in [5.41, 5.74) is 0. The molecule has 0 fully saturated rings. The summed E-state index contributed by atoms with van der Waals surface area (Å²) in [4.78, 5) is -0.699. The number of aromatic nitrogens is 2. The molecule has 0 spiro atoms. The minimum atomic E-state index is -4.23. The molecule has 2 rings (SSSR count). The molecule has 0 saturated heterocycles. The first-order chi connectivity index (χ1) is 9.27. The lowest BCUT2D eigenvalue weighted by Gasteiger charge is -2.07. The highest BCUT2D eigenvalue weighted by Crippen LogP contribution is 2.27. The van der Waals surface area contributed by atoms with E-state index in [4.69, 9.17) is 19.8 Å². The Kier molecular flexibility index (Phi) is 3.91. The van der Waals surface area contributed by atoms with E-state index in [9.17, 15) is 17.2 Å². The predicted molar refractivity (Wildman–Crippen MR) is 62.8 cm³/mol. The molecule has 0 N–H and O–H groups in total. The highest BCUT2D eigenvalue weighted by atomic mass is 35.7. The Bertz CT molecular complexity index is 724. The van der Waals surface area contributed by atoms with Crippen LogP contribution in [0.4, 0.5) is 8.78 Å². The Labute approximate surface area is 116 Å². The van der Waals surface area contributed by atoms with Crippen LogP contribution in [0.15, 0.2) is 21.4 Å². The quantitative estimate of drug-likeness (QED) is 0.802. The number of hydrogen-bond acceptors (Lipinski definition) is 6. The fourth-order valence-corrected chi connectivity index (χ4v) is 2.10. The van der Waals surface area contributed by atoms with Crippen LogP contribution in [-0.2, 0) is 15.7 Å². The van der Waals surface area contributed by atoms with Crippen molar-refractivity contribution in [2.75, 3.05) is 0 Å². The molecule has 0 unspecified atom stereocenters. The highest BCUT2D eigenvalue weighted by molar-refractivity contribution is 8.13. The van der Waals surface area contributed by atoms with Gasteiger partial charge in [-0.2, -0.15) is 0 Å². The molecule has 108 valence electrons. The number of benzene rings is 1. The summed E-state index contributed by atoms with van der Waals surface area (Å²) in [5, 5.41) is 7.08. The Hall–Kier alpha value is -1.74. The van der Waals surface area contributed by atoms with Crippen LogP contribution in [0, 0.1) is 18.6 Å². The van der Waals surface area contributed by atoms with Gasteiger partial charge in [0.25, 0.3) is 14.9 Å². The van der Waals surface area contributed by atoms with E-state index >= 15 is 0 Å². The molecule has 6 nitrogen and oxygen atoms in total. The normalized spacial score (nSPS) is 11.6. The molecule has 1 aromatic carbocycles. The number of hydrogen-bond donors (Lipinski definition) is 0. The maximum atomic E-state index is 13.6. The summed E-state index contributed by atoms with van der Waals surface area (Å²) in [7, 11) is 0.763. The minimum Gasteiger partial charge on any atom is -0.478 e. The summed E-state index contributed by atoms with van der Waals surface area (Å²) in [6.45, 7) is 1.18. The van der Waals surface area contributed by atoms with E-state index in [-0.39, 0.29) is 18.4 Å². The lowest BCUT2D eigenvalue weighted by Crippen LogP contribution is -2.02. The number of aryl methyl sites for hydroxylation is 1. The van der Waals surface area contributed by atoms with Gasteiger partial charge in [0.05, 0.1) is 4.90 Å². The van der Waals surface area contributed by atoms with Crippen molar-refractivity contribution in [3.8, 4) is 5.75 Å². The molecular weight excluding hydrogens is 318 g/mol. The second-order valence-electron chi connectivity index (χ2n) is 3.66. The molecule has 0 aliphatic carbocycles. The number of rotatable bonds is 4. The van der Waals surface area contributed by atoms with Gasteiger partial charge < -0.3 is 9.15 Å². The first kappa shape index (κ1) is 14.7. The summed E-state index contributed by atoms with van der Waals surface area (Å²) in [6, 6.07) is 1.11. The predicted octanol–water partition coefficient (Wildman–Crippen LogP) is 2.16. The van der Waals surface area contributed by atoms with Crippen LogP contribution < -0.4 is 4.74 Å². The summed E-state index contributed by atoms with van der Waals surface area (Å²) >= 11 is 0. The van der Waals surface area contributed by atoms with Gasteiger partial charge in [-0.05, 0) is 12.1 Å². The molecule has 0 aliphatic heterocycles. The molecule has 0 atom stereocenters. The number of halogens is 3. The Morgan fingerprint density at radius 2 is 1.90 bits per heavy atom. The van der Waals surface area contributed by atoms with Crippen LogP contribution in [-0.4, -0.2) is 18.6 Å². The molecule has 0 aliphatic rings. The van der Waals surface area contributed by atoms with Gasteiger partial charge in [-0.15, -0.1) is 10.2 Å². The molecule has 20 heavy (non-hydrogen) atoms. The molecule has 1 aromatic heterocycles. The minimum absolute atomic E-state index is 0.0235.